The molecule has 14 heavy (non-hydrogen) atoms. The van der Waals surface area contributed by atoms with Gasteiger partial charge in [0.2, 0.25) is 0 Å². The molecule has 1 aliphatic heterocycles. The van der Waals surface area contributed by atoms with Gasteiger partial charge in [0.05, 0.1) is 16.0 Å². The van der Waals surface area contributed by atoms with Crippen LogP contribution in [-0.4, -0.2) is 16.0 Å². The third-order valence-electron chi connectivity index (χ3n) is 2.70. The molecule has 1 heterocycles. The molecular weight excluding hydrogens is 194 g/mol. The summed E-state index contributed by atoms with van der Waals surface area (Å²) < 4.78 is 12.0. The van der Waals surface area contributed by atoms with Crippen LogP contribution < -0.4 is 5.32 Å². The summed E-state index contributed by atoms with van der Waals surface area (Å²) in [6.07, 6.45) is 0. The zero-order valence-corrected chi connectivity index (χ0v) is 9.30. The summed E-state index contributed by atoms with van der Waals surface area (Å²) in [6.45, 7) is 5.04. The number of fused-ring (bicyclic) bond motifs is 1. The van der Waals surface area contributed by atoms with E-state index in [9.17, 15) is 4.21 Å². The van der Waals surface area contributed by atoms with Crippen molar-refractivity contribution in [1.82, 2.24) is 5.32 Å². The van der Waals surface area contributed by atoms with E-state index in [2.05, 4.69) is 18.3 Å². The van der Waals surface area contributed by atoms with Gasteiger partial charge in [-0.15, -0.1) is 0 Å². The van der Waals surface area contributed by atoms with Gasteiger partial charge in [0.25, 0.3) is 0 Å². The van der Waals surface area contributed by atoms with Crippen molar-refractivity contribution in [2.45, 2.75) is 30.0 Å². The first-order chi connectivity index (χ1) is 6.75. The largest absolute Gasteiger partial charge is 0.309 e. The Bertz CT molecular complexity index is 364. The number of rotatable bonds is 2. The van der Waals surface area contributed by atoms with Gasteiger partial charge in [-0.2, -0.15) is 0 Å². The molecule has 0 saturated heterocycles. The van der Waals surface area contributed by atoms with Gasteiger partial charge in [0, 0.05) is 10.9 Å². The van der Waals surface area contributed by atoms with Crippen molar-refractivity contribution in [3.05, 3.63) is 29.8 Å². The summed E-state index contributed by atoms with van der Waals surface area (Å²) in [5, 5.41) is 3.58. The molecule has 1 aromatic rings. The van der Waals surface area contributed by atoms with Crippen molar-refractivity contribution in [3.63, 3.8) is 0 Å². The Balaban J connectivity index is 2.42. The average molecular weight is 209 g/mol. The van der Waals surface area contributed by atoms with E-state index >= 15 is 0 Å². The molecule has 3 unspecified atom stereocenters. The van der Waals surface area contributed by atoms with Gasteiger partial charge >= 0.3 is 0 Å². The van der Waals surface area contributed by atoms with Crippen LogP contribution in [0.3, 0.4) is 0 Å². The highest BCUT2D eigenvalue weighted by Gasteiger charge is 2.34. The van der Waals surface area contributed by atoms with Gasteiger partial charge in [-0.3, -0.25) is 4.21 Å². The van der Waals surface area contributed by atoms with E-state index in [-0.39, 0.29) is 11.3 Å². The van der Waals surface area contributed by atoms with Crippen molar-refractivity contribution in [3.8, 4) is 0 Å². The lowest BCUT2D eigenvalue weighted by Gasteiger charge is -2.15. The quantitative estimate of drug-likeness (QED) is 0.805. The van der Waals surface area contributed by atoms with E-state index in [1.807, 2.05) is 25.1 Å². The molecule has 0 bridgehead atoms. The van der Waals surface area contributed by atoms with E-state index in [0.29, 0.717) is 0 Å². The average Bonchev–Trinajstić information content (AvgIpc) is 2.45. The highest BCUT2D eigenvalue weighted by molar-refractivity contribution is 7.86. The van der Waals surface area contributed by atoms with Crippen LogP contribution in [-0.2, 0) is 10.8 Å². The maximum absolute atomic E-state index is 12.0. The molecule has 0 saturated carbocycles. The maximum Gasteiger partial charge on any atom is 0.0580 e. The fourth-order valence-electron chi connectivity index (χ4n) is 1.99. The van der Waals surface area contributed by atoms with Crippen LogP contribution in [0.5, 0.6) is 0 Å². The van der Waals surface area contributed by atoms with E-state index in [4.69, 9.17) is 0 Å². The summed E-state index contributed by atoms with van der Waals surface area (Å²) >= 11 is 0. The van der Waals surface area contributed by atoms with Crippen molar-refractivity contribution in [2.75, 3.05) is 6.54 Å². The Morgan fingerprint density at radius 2 is 2.14 bits per heavy atom. The molecule has 0 radical (unpaired) electrons. The second kappa shape index (κ2) is 3.83. The van der Waals surface area contributed by atoms with Gasteiger partial charge in [-0.25, -0.2) is 0 Å². The summed E-state index contributed by atoms with van der Waals surface area (Å²) in [5.41, 5.74) is 1.21. The van der Waals surface area contributed by atoms with Crippen molar-refractivity contribution >= 4 is 10.8 Å². The summed E-state index contributed by atoms with van der Waals surface area (Å²) in [7, 11) is -0.837. The van der Waals surface area contributed by atoms with Gasteiger partial charge in [-0.05, 0) is 25.1 Å². The van der Waals surface area contributed by atoms with E-state index in [1.54, 1.807) is 0 Å². The number of nitrogens with one attached hydrogen (secondary N) is 1. The molecular formula is C11H15NOS. The molecule has 1 aromatic carbocycles. The Labute approximate surface area is 87.2 Å². The fourth-order valence-corrected chi connectivity index (χ4v) is 3.52. The van der Waals surface area contributed by atoms with Crippen LogP contribution in [0.25, 0.3) is 0 Å². The minimum Gasteiger partial charge on any atom is -0.309 e. The zero-order chi connectivity index (χ0) is 10.1. The zero-order valence-electron chi connectivity index (χ0n) is 8.49. The molecule has 2 nitrogen and oxygen atoms in total. The minimum atomic E-state index is -0.837. The molecule has 3 heteroatoms. The van der Waals surface area contributed by atoms with E-state index < -0.39 is 10.8 Å². The lowest BCUT2D eigenvalue weighted by molar-refractivity contribution is 0.546. The standard InChI is InChI=1S/C11H15NOS/c1-3-12-11-8(2)14(13)10-7-5-4-6-9(10)11/h4-8,11-12H,3H2,1-2H3. The molecule has 0 aliphatic carbocycles. The highest BCUT2D eigenvalue weighted by Crippen LogP contribution is 2.35. The third-order valence-corrected chi connectivity index (χ3v) is 4.45. The fraction of sp³-hybridized carbons (Fsp3) is 0.455. The van der Waals surface area contributed by atoms with Crippen LogP contribution >= 0.6 is 0 Å². The predicted molar refractivity (Wildman–Crippen MR) is 58.7 cm³/mol. The highest BCUT2D eigenvalue weighted by atomic mass is 32.2. The molecule has 76 valence electrons. The molecule has 0 amide bonds. The van der Waals surface area contributed by atoms with Crippen molar-refractivity contribution < 1.29 is 4.21 Å². The molecule has 3 atom stereocenters. The summed E-state index contributed by atoms with van der Waals surface area (Å²) in [4.78, 5) is 1.01. The Morgan fingerprint density at radius 3 is 2.86 bits per heavy atom. The third kappa shape index (κ3) is 1.41. The lowest BCUT2D eigenvalue weighted by Crippen LogP contribution is -2.27. The van der Waals surface area contributed by atoms with Gasteiger partial charge < -0.3 is 5.32 Å². The van der Waals surface area contributed by atoms with Crippen LogP contribution in [0.1, 0.15) is 25.5 Å². The summed E-state index contributed by atoms with van der Waals surface area (Å²) in [5.74, 6) is 0. The first-order valence-corrected chi connectivity index (χ1v) is 6.20. The van der Waals surface area contributed by atoms with Crippen LogP contribution in [0.4, 0.5) is 0 Å². The molecule has 2 rings (SSSR count). The maximum atomic E-state index is 12.0. The number of benzene rings is 1. The van der Waals surface area contributed by atoms with E-state index in [0.717, 1.165) is 11.4 Å². The topological polar surface area (TPSA) is 29.1 Å². The lowest BCUT2D eigenvalue weighted by atomic mass is 10.1. The van der Waals surface area contributed by atoms with Gasteiger partial charge in [0.15, 0.2) is 0 Å². The first kappa shape index (κ1) is 9.87. The number of hydrogen-bond donors (Lipinski definition) is 1. The van der Waals surface area contributed by atoms with Crippen molar-refractivity contribution in [2.24, 2.45) is 0 Å². The van der Waals surface area contributed by atoms with Crippen LogP contribution in [0.15, 0.2) is 29.2 Å². The molecule has 0 spiro atoms. The Kier molecular flexibility index (Phi) is 2.70. The minimum absolute atomic E-state index is 0.187. The molecule has 0 aromatic heterocycles. The monoisotopic (exact) mass is 209 g/mol. The van der Waals surface area contributed by atoms with E-state index in [1.165, 1.54) is 5.56 Å². The molecule has 1 aliphatic rings. The SMILES string of the molecule is CCNC1c2ccccc2S(=O)C1C. The Hall–Kier alpha value is -0.670. The molecule has 0 fully saturated rings. The number of hydrogen-bond acceptors (Lipinski definition) is 2. The van der Waals surface area contributed by atoms with Crippen LogP contribution in [0, 0.1) is 0 Å². The Morgan fingerprint density at radius 1 is 1.43 bits per heavy atom. The van der Waals surface area contributed by atoms with Crippen molar-refractivity contribution in [1.29, 1.82) is 0 Å². The van der Waals surface area contributed by atoms with Gasteiger partial charge in [-0.1, -0.05) is 25.1 Å². The smallest absolute Gasteiger partial charge is 0.0580 e. The molecule has 1 N–H and O–H groups in total. The second-order valence-corrected chi connectivity index (χ2v) is 5.35. The predicted octanol–water partition coefficient (Wildman–Crippen LogP) is 1.85. The second-order valence-electron chi connectivity index (χ2n) is 3.58. The summed E-state index contributed by atoms with van der Waals surface area (Å²) in [6, 6.07) is 8.27. The van der Waals surface area contributed by atoms with Gasteiger partial charge in [0.1, 0.15) is 0 Å². The normalized spacial score (nSPS) is 30.3. The first-order valence-electron chi connectivity index (χ1n) is 4.98. The van der Waals surface area contributed by atoms with Crippen LogP contribution in [0.2, 0.25) is 0 Å².